The maximum atomic E-state index is 13.0. The van der Waals surface area contributed by atoms with Crippen molar-refractivity contribution in [3.8, 4) is 16.8 Å². The Morgan fingerprint density at radius 1 is 1.16 bits per heavy atom. The average Bonchev–Trinajstić information content (AvgIpc) is 3.44. The molecule has 0 spiro atoms. The molecule has 0 fully saturated rings. The van der Waals surface area contributed by atoms with E-state index in [1.165, 1.54) is 17.1 Å². The first kappa shape index (κ1) is 24.3. The van der Waals surface area contributed by atoms with Gasteiger partial charge in [0.05, 0.1) is 29.3 Å². The standard InChI is InChI=1S/C26H23ClN8O2/c27-19-6-7-24(35-16-30-33-34-35)18(13-19)5-8-26(37)31-21-3-1-2-4-25(36)32-23-15-28-11-10-20(23)17-9-12-29-22(21)14-17/h5-16,21H,1-4H2,(H,31,37)(H,32,36)/b8-5+/t21-/m0/s1. The topological polar surface area (TPSA) is 128 Å². The molecule has 1 atom stereocenters. The van der Waals surface area contributed by atoms with E-state index >= 15 is 0 Å². The second kappa shape index (κ2) is 11.1. The molecule has 0 unspecified atom stereocenters. The molecular formula is C26H23ClN8O2. The van der Waals surface area contributed by atoms with Crippen LogP contribution in [0, 0.1) is 0 Å². The molecule has 4 heterocycles. The first-order chi connectivity index (χ1) is 18.1. The molecule has 5 rings (SSSR count). The Hall–Kier alpha value is -4.44. The molecule has 0 saturated carbocycles. The van der Waals surface area contributed by atoms with Crippen molar-refractivity contribution in [1.29, 1.82) is 0 Å². The highest BCUT2D eigenvalue weighted by molar-refractivity contribution is 6.30. The molecule has 2 bridgehead atoms. The fraction of sp³-hybridized carbons (Fsp3) is 0.192. The second-order valence-electron chi connectivity index (χ2n) is 8.54. The van der Waals surface area contributed by atoms with Gasteiger partial charge in [0.25, 0.3) is 0 Å². The first-order valence-corrected chi connectivity index (χ1v) is 12.2. The fourth-order valence-corrected chi connectivity index (χ4v) is 4.40. The van der Waals surface area contributed by atoms with E-state index in [4.69, 9.17) is 11.6 Å². The van der Waals surface area contributed by atoms with Crippen LogP contribution in [0.3, 0.4) is 0 Å². The number of tetrazole rings is 1. The van der Waals surface area contributed by atoms with Crippen LogP contribution in [-0.2, 0) is 9.59 Å². The minimum Gasteiger partial charge on any atom is -0.344 e. The quantitative estimate of drug-likeness (QED) is 0.391. The van der Waals surface area contributed by atoms with Crippen LogP contribution in [-0.4, -0.2) is 42.0 Å². The van der Waals surface area contributed by atoms with E-state index in [-0.39, 0.29) is 17.9 Å². The van der Waals surface area contributed by atoms with Gasteiger partial charge in [-0.05, 0) is 71.3 Å². The van der Waals surface area contributed by atoms with Crippen LogP contribution < -0.4 is 10.6 Å². The zero-order valence-corrected chi connectivity index (χ0v) is 20.5. The molecule has 37 heavy (non-hydrogen) atoms. The summed E-state index contributed by atoms with van der Waals surface area (Å²) in [5.74, 6) is -0.346. The smallest absolute Gasteiger partial charge is 0.244 e. The summed E-state index contributed by atoms with van der Waals surface area (Å²) in [4.78, 5) is 34.2. The number of amides is 2. The molecule has 1 aromatic carbocycles. The van der Waals surface area contributed by atoms with Crippen molar-refractivity contribution in [2.45, 2.75) is 31.7 Å². The van der Waals surface area contributed by atoms with Gasteiger partial charge in [0.2, 0.25) is 11.8 Å². The van der Waals surface area contributed by atoms with Gasteiger partial charge in [0.15, 0.2) is 0 Å². The number of nitrogens with one attached hydrogen (secondary N) is 2. The average molecular weight is 515 g/mol. The number of aromatic nitrogens is 6. The lowest BCUT2D eigenvalue weighted by atomic mass is 9.99. The van der Waals surface area contributed by atoms with Crippen molar-refractivity contribution in [1.82, 2.24) is 35.5 Å². The summed E-state index contributed by atoms with van der Waals surface area (Å²) < 4.78 is 1.50. The van der Waals surface area contributed by atoms with Crippen molar-refractivity contribution in [3.63, 3.8) is 0 Å². The Morgan fingerprint density at radius 2 is 2.08 bits per heavy atom. The summed E-state index contributed by atoms with van der Waals surface area (Å²) in [5, 5.41) is 17.8. The molecule has 3 aromatic heterocycles. The lowest BCUT2D eigenvalue weighted by molar-refractivity contribution is -0.118. The number of carbonyl (C=O) groups is 2. The molecule has 1 aliphatic rings. The SMILES string of the molecule is O=C(/C=C/c1cc(Cl)ccc1-n1cnnn1)N[C@H]1CCCCC(=O)Nc2cnccc2-c2ccnc1c2. The fourth-order valence-electron chi connectivity index (χ4n) is 4.22. The van der Waals surface area contributed by atoms with Gasteiger partial charge in [0.1, 0.15) is 6.33 Å². The molecule has 2 amide bonds. The molecule has 4 aromatic rings. The maximum Gasteiger partial charge on any atom is 0.244 e. The van der Waals surface area contributed by atoms with Crippen LogP contribution in [0.25, 0.3) is 22.9 Å². The third-order valence-electron chi connectivity index (χ3n) is 6.01. The molecular weight excluding hydrogens is 492 g/mol. The Kier molecular flexibility index (Phi) is 7.27. The van der Waals surface area contributed by atoms with Crippen molar-refractivity contribution in [3.05, 3.63) is 83.7 Å². The van der Waals surface area contributed by atoms with Gasteiger partial charge < -0.3 is 10.6 Å². The van der Waals surface area contributed by atoms with Gasteiger partial charge in [-0.2, -0.15) is 4.68 Å². The van der Waals surface area contributed by atoms with E-state index in [9.17, 15) is 9.59 Å². The number of pyridine rings is 2. The van der Waals surface area contributed by atoms with Crippen molar-refractivity contribution in [2.75, 3.05) is 5.32 Å². The summed E-state index contributed by atoms with van der Waals surface area (Å²) in [5.41, 5.74) is 4.48. The van der Waals surface area contributed by atoms with Gasteiger partial charge >= 0.3 is 0 Å². The number of hydrogen-bond donors (Lipinski definition) is 2. The van der Waals surface area contributed by atoms with E-state index in [1.807, 2.05) is 18.2 Å². The molecule has 2 N–H and O–H groups in total. The zero-order chi connectivity index (χ0) is 25.6. The largest absolute Gasteiger partial charge is 0.344 e. The van der Waals surface area contributed by atoms with Gasteiger partial charge in [-0.3, -0.25) is 19.6 Å². The van der Waals surface area contributed by atoms with Crippen molar-refractivity contribution < 1.29 is 9.59 Å². The lowest BCUT2D eigenvalue weighted by Gasteiger charge is -2.20. The van der Waals surface area contributed by atoms with Crippen LogP contribution in [0.15, 0.2) is 67.4 Å². The normalized spacial score (nSPS) is 15.8. The number of fused-ring (bicyclic) bond motifs is 4. The monoisotopic (exact) mass is 514 g/mol. The summed E-state index contributed by atoms with van der Waals surface area (Å²) in [7, 11) is 0. The number of halogens is 1. The number of anilines is 1. The van der Waals surface area contributed by atoms with E-state index < -0.39 is 0 Å². The summed E-state index contributed by atoms with van der Waals surface area (Å²) >= 11 is 6.18. The number of carbonyl (C=O) groups excluding carboxylic acids is 2. The Bertz CT molecular complexity index is 1450. The molecule has 11 heteroatoms. The second-order valence-corrected chi connectivity index (χ2v) is 8.97. The molecule has 186 valence electrons. The third-order valence-corrected chi connectivity index (χ3v) is 6.24. The molecule has 1 aliphatic heterocycles. The van der Waals surface area contributed by atoms with Gasteiger partial charge in [-0.15, -0.1) is 5.10 Å². The van der Waals surface area contributed by atoms with E-state index in [2.05, 4.69) is 36.1 Å². The Morgan fingerprint density at radius 3 is 2.95 bits per heavy atom. The van der Waals surface area contributed by atoms with Crippen molar-refractivity contribution >= 4 is 35.2 Å². The van der Waals surface area contributed by atoms with Crippen LogP contribution in [0.4, 0.5) is 5.69 Å². The minimum atomic E-state index is -0.330. The summed E-state index contributed by atoms with van der Waals surface area (Å²) in [6, 6.07) is 10.6. The van der Waals surface area contributed by atoms with E-state index in [0.717, 1.165) is 23.2 Å². The zero-order valence-electron chi connectivity index (χ0n) is 19.7. The highest BCUT2D eigenvalue weighted by Gasteiger charge is 2.18. The van der Waals surface area contributed by atoms with Crippen LogP contribution in [0.2, 0.25) is 5.02 Å². The first-order valence-electron chi connectivity index (χ1n) is 11.8. The number of rotatable bonds is 4. The molecule has 0 radical (unpaired) electrons. The van der Waals surface area contributed by atoms with Crippen LogP contribution in [0.1, 0.15) is 43.0 Å². The maximum absolute atomic E-state index is 13.0. The Labute approximate surface area is 217 Å². The molecule has 0 saturated heterocycles. The Balaban J connectivity index is 1.41. The summed E-state index contributed by atoms with van der Waals surface area (Å²) in [6.07, 6.45) is 12.1. The van der Waals surface area contributed by atoms with E-state index in [1.54, 1.807) is 42.9 Å². The number of benzene rings is 1. The van der Waals surface area contributed by atoms with Crippen LogP contribution >= 0.6 is 11.6 Å². The predicted octanol–water partition coefficient (Wildman–Crippen LogP) is 4.16. The minimum absolute atomic E-state index is 0.0625. The number of hydrogen-bond acceptors (Lipinski definition) is 7. The van der Waals surface area contributed by atoms with Crippen LogP contribution in [0.5, 0.6) is 0 Å². The van der Waals surface area contributed by atoms with Gasteiger partial charge in [-0.25, -0.2) is 0 Å². The van der Waals surface area contributed by atoms with Gasteiger partial charge in [0, 0.05) is 41.0 Å². The number of nitrogens with zero attached hydrogens (tertiary/aromatic N) is 6. The summed E-state index contributed by atoms with van der Waals surface area (Å²) in [6.45, 7) is 0. The van der Waals surface area contributed by atoms with Gasteiger partial charge in [-0.1, -0.05) is 18.0 Å². The van der Waals surface area contributed by atoms with E-state index in [0.29, 0.717) is 41.2 Å². The lowest BCUT2D eigenvalue weighted by Crippen LogP contribution is -2.27. The third kappa shape index (κ3) is 5.87. The highest BCUT2D eigenvalue weighted by atomic mass is 35.5. The molecule has 10 nitrogen and oxygen atoms in total. The highest BCUT2D eigenvalue weighted by Crippen LogP contribution is 2.30. The van der Waals surface area contributed by atoms with Crippen molar-refractivity contribution in [2.24, 2.45) is 0 Å². The predicted molar refractivity (Wildman–Crippen MR) is 139 cm³/mol. The molecule has 0 aliphatic carbocycles.